The first-order chi connectivity index (χ1) is 21.8. The van der Waals surface area contributed by atoms with Crippen molar-refractivity contribution in [3.63, 3.8) is 0 Å². The lowest BCUT2D eigenvalue weighted by atomic mass is 9.80. The number of fused-ring (bicyclic) bond motifs is 2. The van der Waals surface area contributed by atoms with Crippen molar-refractivity contribution in [1.82, 2.24) is 9.55 Å². The average Bonchev–Trinajstić information content (AvgIpc) is 3.50. The number of hydrogen-bond acceptors (Lipinski definition) is 5. The van der Waals surface area contributed by atoms with Crippen LogP contribution in [0.15, 0.2) is 84.9 Å². The maximum absolute atomic E-state index is 13.8. The lowest BCUT2D eigenvalue weighted by molar-refractivity contribution is -0.114. The summed E-state index contributed by atoms with van der Waals surface area (Å²) in [5.41, 5.74) is 6.51. The molecule has 230 valence electrons. The number of nitrogens with zero attached hydrogens (tertiary/aromatic N) is 3. The number of para-hydroxylation sites is 2. The normalized spacial score (nSPS) is 15.6. The zero-order chi connectivity index (χ0) is 31.7. The van der Waals surface area contributed by atoms with Crippen molar-refractivity contribution in [2.24, 2.45) is 0 Å². The molecule has 5 aromatic rings. The van der Waals surface area contributed by atoms with E-state index in [4.69, 9.17) is 9.72 Å². The van der Waals surface area contributed by atoms with Gasteiger partial charge in [-0.1, -0.05) is 62.4 Å². The lowest BCUT2D eigenvalue weighted by Crippen LogP contribution is -2.33. The van der Waals surface area contributed by atoms with Gasteiger partial charge in [0.1, 0.15) is 5.69 Å². The van der Waals surface area contributed by atoms with Gasteiger partial charge >= 0.3 is 5.97 Å². The van der Waals surface area contributed by atoms with Gasteiger partial charge in [0.05, 0.1) is 11.3 Å². The van der Waals surface area contributed by atoms with E-state index in [1.807, 2.05) is 48.5 Å². The van der Waals surface area contributed by atoms with Crippen LogP contribution in [-0.4, -0.2) is 34.5 Å². The molecule has 2 aromatic heterocycles. The molecule has 3 aromatic carbocycles. The van der Waals surface area contributed by atoms with Crippen molar-refractivity contribution in [3.8, 4) is 11.3 Å². The smallest absolute Gasteiger partial charge is 0.341 e. The predicted octanol–water partition coefficient (Wildman–Crippen LogP) is 8.08. The van der Waals surface area contributed by atoms with Gasteiger partial charge < -0.3 is 19.5 Å². The van der Waals surface area contributed by atoms with Gasteiger partial charge in [-0.05, 0) is 63.1 Å². The molecule has 0 spiro atoms. The first kappa shape index (κ1) is 30.1. The van der Waals surface area contributed by atoms with Gasteiger partial charge in [-0.3, -0.25) is 4.79 Å². The summed E-state index contributed by atoms with van der Waals surface area (Å²) in [5.74, 6) is -0.656. The molecule has 0 bridgehead atoms. The monoisotopic (exact) mass is 600 g/mol. The summed E-state index contributed by atoms with van der Waals surface area (Å²) in [6.07, 6.45) is 2.16. The summed E-state index contributed by atoms with van der Waals surface area (Å²) in [6.45, 7) is 12.8. The quantitative estimate of drug-likeness (QED) is 0.164. The highest BCUT2D eigenvalue weighted by atomic mass is 16.6. The molecule has 0 fully saturated rings. The zero-order valence-corrected chi connectivity index (χ0v) is 26.7. The number of benzene rings is 3. The van der Waals surface area contributed by atoms with Crippen LogP contribution in [0.25, 0.3) is 22.2 Å². The second-order valence-electron chi connectivity index (χ2n) is 11.6. The fourth-order valence-electron chi connectivity index (χ4n) is 6.91. The summed E-state index contributed by atoms with van der Waals surface area (Å²) < 4.78 is 8.82. The highest BCUT2D eigenvalue weighted by Crippen LogP contribution is 2.52. The number of carbonyl (C=O) groups excluding carboxylic acids is 2. The van der Waals surface area contributed by atoms with E-state index in [1.165, 1.54) is 12.6 Å². The van der Waals surface area contributed by atoms with Gasteiger partial charge in [0.25, 0.3) is 0 Å². The standard InChI is InChI=1S/C38H40N4O3/c1-6-23-41(24-7-2)28-19-17-27(18-20-28)32-22-21-30-36(40-32)38(45-37(30)44,31-14-10-11-15-33(31)39-26(5)43)35-25(4)42(8-3)34-16-12-9-13-29(34)35/h9-22H,6-8,23-24H2,1-5H3,(H,39,43). The third kappa shape index (κ3) is 5.06. The molecular weight excluding hydrogens is 560 g/mol. The number of hydrogen-bond donors (Lipinski definition) is 1. The third-order valence-corrected chi connectivity index (χ3v) is 8.73. The fourth-order valence-corrected chi connectivity index (χ4v) is 6.91. The second kappa shape index (κ2) is 12.2. The van der Waals surface area contributed by atoms with Crippen molar-refractivity contribution in [1.29, 1.82) is 0 Å². The molecule has 1 amide bonds. The minimum Gasteiger partial charge on any atom is -0.439 e. The van der Waals surface area contributed by atoms with Crippen molar-refractivity contribution in [3.05, 3.63) is 113 Å². The second-order valence-corrected chi connectivity index (χ2v) is 11.6. The Morgan fingerprint density at radius 2 is 1.60 bits per heavy atom. The molecular formula is C38H40N4O3. The highest BCUT2D eigenvalue weighted by molar-refractivity contribution is 6.00. The van der Waals surface area contributed by atoms with E-state index < -0.39 is 11.6 Å². The number of aryl methyl sites for hydroxylation is 1. The third-order valence-electron chi connectivity index (χ3n) is 8.73. The van der Waals surface area contributed by atoms with Gasteiger partial charge in [-0.25, -0.2) is 9.78 Å². The Morgan fingerprint density at radius 3 is 2.29 bits per heavy atom. The minimum atomic E-state index is -1.40. The lowest BCUT2D eigenvalue weighted by Gasteiger charge is -2.31. The van der Waals surface area contributed by atoms with Crippen LogP contribution in [0.5, 0.6) is 0 Å². The number of pyridine rings is 1. The predicted molar refractivity (Wildman–Crippen MR) is 181 cm³/mol. The van der Waals surface area contributed by atoms with Crippen molar-refractivity contribution < 1.29 is 14.3 Å². The summed E-state index contributed by atoms with van der Waals surface area (Å²) in [4.78, 5) is 33.9. The SMILES string of the molecule is CCCN(CCC)c1ccc(-c2ccc3c(n2)C(c2ccccc2NC(C)=O)(c2c(C)n(CC)c4ccccc24)OC3=O)cc1. The van der Waals surface area contributed by atoms with E-state index in [9.17, 15) is 9.59 Å². The summed E-state index contributed by atoms with van der Waals surface area (Å²) in [6, 6.07) is 27.9. The zero-order valence-electron chi connectivity index (χ0n) is 26.7. The minimum absolute atomic E-state index is 0.211. The number of carbonyl (C=O) groups is 2. The summed E-state index contributed by atoms with van der Waals surface area (Å²) in [5, 5.41) is 3.96. The summed E-state index contributed by atoms with van der Waals surface area (Å²) in [7, 11) is 0. The molecule has 3 heterocycles. The van der Waals surface area contributed by atoms with Crippen LogP contribution >= 0.6 is 0 Å². The van der Waals surface area contributed by atoms with Crippen molar-refractivity contribution >= 4 is 34.2 Å². The van der Waals surface area contributed by atoms with Crippen LogP contribution in [0.2, 0.25) is 0 Å². The van der Waals surface area contributed by atoms with Crippen LogP contribution in [-0.2, 0) is 21.7 Å². The number of esters is 1. The van der Waals surface area contributed by atoms with E-state index in [2.05, 4.69) is 78.9 Å². The van der Waals surface area contributed by atoms with Crippen LogP contribution in [0.4, 0.5) is 11.4 Å². The van der Waals surface area contributed by atoms with Gasteiger partial charge in [0.2, 0.25) is 11.5 Å². The molecule has 0 saturated heterocycles. The first-order valence-corrected chi connectivity index (χ1v) is 15.9. The van der Waals surface area contributed by atoms with Crippen LogP contribution < -0.4 is 10.2 Å². The van der Waals surface area contributed by atoms with E-state index >= 15 is 0 Å². The Morgan fingerprint density at radius 1 is 0.911 bits per heavy atom. The molecule has 7 heteroatoms. The Balaban J connectivity index is 1.61. The van der Waals surface area contributed by atoms with Crippen molar-refractivity contribution in [2.45, 2.75) is 59.6 Å². The molecule has 45 heavy (non-hydrogen) atoms. The molecule has 0 aliphatic carbocycles. The fraction of sp³-hybridized carbons (Fsp3) is 0.289. The Hall–Kier alpha value is -4.91. The number of ether oxygens (including phenoxy) is 1. The molecule has 1 N–H and O–H groups in total. The number of cyclic esters (lactones) is 1. The first-order valence-electron chi connectivity index (χ1n) is 15.9. The van der Waals surface area contributed by atoms with E-state index in [1.54, 1.807) is 0 Å². The number of aromatic nitrogens is 2. The molecule has 1 atom stereocenters. The highest BCUT2D eigenvalue weighted by Gasteiger charge is 2.53. The van der Waals surface area contributed by atoms with Crippen LogP contribution in [0.3, 0.4) is 0 Å². The van der Waals surface area contributed by atoms with Gasteiger partial charge in [0, 0.05) is 71.2 Å². The van der Waals surface area contributed by atoms with Crippen molar-refractivity contribution in [2.75, 3.05) is 23.3 Å². The Labute approximate surface area is 264 Å². The molecule has 7 nitrogen and oxygen atoms in total. The van der Waals surface area contributed by atoms with E-state index in [0.717, 1.165) is 65.9 Å². The molecule has 6 rings (SSSR count). The largest absolute Gasteiger partial charge is 0.439 e. The number of anilines is 2. The van der Waals surface area contributed by atoms with Gasteiger partial charge in [-0.15, -0.1) is 0 Å². The molecule has 1 aliphatic heterocycles. The van der Waals surface area contributed by atoms with Gasteiger partial charge in [0.15, 0.2) is 0 Å². The van der Waals surface area contributed by atoms with Gasteiger partial charge in [-0.2, -0.15) is 0 Å². The Kier molecular flexibility index (Phi) is 8.19. The van der Waals surface area contributed by atoms with E-state index in [0.29, 0.717) is 22.5 Å². The average molecular weight is 601 g/mol. The van der Waals surface area contributed by atoms with E-state index in [-0.39, 0.29) is 5.91 Å². The molecule has 0 radical (unpaired) electrons. The van der Waals surface area contributed by atoms with Crippen LogP contribution in [0, 0.1) is 6.92 Å². The maximum Gasteiger partial charge on any atom is 0.341 e. The molecule has 1 unspecified atom stereocenters. The topological polar surface area (TPSA) is 76.5 Å². The number of rotatable bonds is 10. The number of amides is 1. The number of nitrogens with one attached hydrogen (secondary N) is 1. The van der Waals surface area contributed by atoms with Crippen LogP contribution in [0.1, 0.15) is 73.4 Å². The summed E-state index contributed by atoms with van der Waals surface area (Å²) >= 11 is 0. The molecule has 0 saturated carbocycles. The molecule has 1 aliphatic rings. The Bertz CT molecular complexity index is 1890. The maximum atomic E-state index is 13.8.